The second kappa shape index (κ2) is 5.35. The van der Waals surface area contributed by atoms with Gasteiger partial charge in [0.1, 0.15) is 5.70 Å². The van der Waals surface area contributed by atoms with Gasteiger partial charge in [0.25, 0.3) is 0 Å². The van der Waals surface area contributed by atoms with Crippen molar-refractivity contribution < 1.29 is 9.53 Å². The summed E-state index contributed by atoms with van der Waals surface area (Å²) in [6.07, 6.45) is 0. The molecule has 0 saturated heterocycles. The van der Waals surface area contributed by atoms with Gasteiger partial charge in [0.2, 0.25) is 0 Å². The van der Waals surface area contributed by atoms with E-state index in [1.807, 2.05) is 38.1 Å². The molecular formula is C13H17NO2. The maximum atomic E-state index is 11.4. The fourth-order valence-electron chi connectivity index (χ4n) is 1.40. The minimum Gasteiger partial charge on any atom is -0.461 e. The first kappa shape index (κ1) is 12.3. The molecule has 0 aliphatic rings. The molecule has 16 heavy (non-hydrogen) atoms. The van der Waals surface area contributed by atoms with Crippen LogP contribution in [0.2, 0.25) is 0 Å². The van der Waals surface area contributed by atoms with Crippen LogP contribution < -0.4 is 5.73 Å². The fourth-order valence-corrected chi connectivity index (χ4v) is 1.40. The number of nitrogens with two attached hydrogens (primary N) is 1. The molecule has 0 fully saturated rings. The number of esters is 1. The Morgan fingerprint density at radius 1 is 1.44 bits per heavy atom. The zero-order chi connectivity index (χ0) is 12.1. The molecule has 2 N–H and O–H groups in total. The molecule has 3 nitrogen and oxygen atoms in total. The molecule has 0 heterocycles. The number of ether oxygens (including phenoxy) is 1. The highest BCUT2D eigenvalue weighted by molar-refractivity contribution is 5.96. The van der Waals surface area contributed by atoms with Gasteiger partial charge in [0.05, 0.1) is 6.61 Å². The van der Waals surface area contributed by atoms with Crippen molar-refractivity contribution in [2.45, 2.75) is 20.8 Å². The Bertz CT molecular complexity index is 422. The molecule has 0 saturated carbocycles. The zero-order valence-corrected chi connectivity index (χ0v) is 9.91. The largest absolute Gasteiger partial charge is 0.461 e. The summed E-state index contributed by atoms with van der Waals surface area (Å²) in [7, 11) is 0. The minimum atomic E-state index is -0.457. The van der Waals surface area contributed by atoms with Crippen molar-refractivity contribution in [3.8, 4) is 0 Å². The summed E-state index contributed by atoms with van der Waals surface area (Å²) in [5, 5.41) is 0. The number of aryl methyl sites for hydroxylation is 1. The lowest BCUT2D eigenvalue weighted by molar-refractivity contribution is -0.138. The van der Waals surface area contributed by atoms with E-state index in [2.05, 4.69) is 0 Å². The smallest absolute Gasteiger partial charge is 0.354 e. The van der Waals surface area contributed by atoms with Crippen LogP contribution in [0.5, 0.6) is 0 Å². The van der Waals surface area contributed by atoms with Gasteiger partial charge in [0.15, 0.2) is 0 Å². The molecule has 0 amide bonds. The van der Waals surface area contributed by atoms with Crippen LogP contribution in [-0.2, 0) is 9.53 Å². The van der Waals surface area contributed by atoms with E-state index in [1.54, 1.807) is 6.92 Å². The summed E-state index contributed by atoms with van der Waals surface area (Å²) in [4.78, 5) is 11.4. The van der Waals surface area contributed by atoms with Crippen molar-refractivity contribution in [2.75, 3.05) is 6.61 Å². The lowest BCUT2D eigenvalue weighted by atomic mass is 10.0. The van der Waals surface area contributed by atoms with Crippen molar-refractivity contribution in [1.29, 1.82) is 0 Å². The van der Waals surface area contributed by atoms with E-state index < -0.39 is 5.97 Å². The van der Waals surface area contributed by atoms with E-state index >= 15 is 0 Å². The van der Waals surface area contributed by atoms with E-state index in [0.29, 0.717) is 6.61 Å². The van der Waals surface area contributed by atoms with Gasteiger partial charge in [-0.05, 0) is 31.9 Å². The molecule has 0 aliphatic carbocycles. The molecule has 0 unspecified atom stereocenters. The summed E-state index contributed by atoms with van der Waals surface area (Å²) in [5.74, 6) is -0.457. The first-order chi connectivity index (χ1) is 7.56. The highest BCUT2D eigenvalue weighted by Gasteiger charge is 2.10. The van der Waals surface area contributed by atoms with Crippen LogP contribution in [0, 0.1) is 6.92 Å². The second-order valence-electron chi connectivity index (χ2n) is 3.63. The van der Waals surface area contributed by atoms with Crippen molar-refractivity contribution >= 4 is 11.5 Å². The second-order valence-corrected chi connectivity index (χ2v) is 3.63. The summed E-state index contributed by atoms with van der Waals surface area (Å²) in [6.45, 7) is 5.91. The highest BCUT2D eigenvalue weighted by atomic mass is 16.5. The Balaban J connectivity index is 3.03. The fraction of sp³-hybridized carbons (Fsp3) is 0.308. The molecule has 0 radical (unpaired) electrons. The third kappa shape index (κ3) is 2.86. The summed E-state index contributed by atoms with van der Waals surface area (Å²) >= 11 is 0. The molecule has 0 atom stereocenters. The molecule has 86 valence electrons. The SMILES string of the molecule is CCOC(=O)/C(N)=C(\C)c1cccc(C)c1. The molecular weight excluding hydrogens is 202 g/mol. The number of benzene rings is 1. The lowest BCUT2D eigenvalue weighted by Gasteiger charge is -2.07. The van der Waals surface area contributed by atoms with Crippen LogP contribution in [0.4, 0.5) is 0 Å². The quantitative estimate of drug-likeness (QED) is 0.626. The average Bonchev–Trinajstić information content (AvgIpc) is 2.27. The maximum absolute atomic E-state index is 11.4. The van der Waals surface area contributed by atoms with Gasteiger partial charge in [-0.2, -0.15) is 0 Å². The van der Waals surface area contributed by atoms with Gasteiger partial charge >= 0.3 is 5.97 Å². The number of hydrogen-bond donors (Lipinski definition) is 1. The molecule has 1 rings (SSSR count). The van der Waals surface area contributed by atoms with Crippen LogP contribution in [-0.4, -0.2) is 12.6 Å². The van der Waals surface area contributed by atoms with Crippen LogP contribution in [0.1, 0.15) is 25.0 Å². The maximum Gasteiger partial charge on any atom is 0.354 e. The van der Waals surface area contributed by atoms with E-state index in [4.69, 9.17) is 10.5 Å². The topological polar surface area (TPSA) is 52.3 Å². The molecule has 0 aromatic heterocycles. The molecule has 0 spiro atoms. The van der Waals surface area contributed by atoms with E-state index in [0.717, 1.165) is 16.7 Å². The summed E-state index contributed by atoms with van der Waals surface area (Å²) in [5.41, 5.74) is 8.74. The molecule has 0 aliphatic heterocycles. The van der Waals surface area contributed by atoms with Crippen molar-refractivity contribution in [2.24, 2.45) is 5.73 Å². The number of carbonyl (C=O) groups excluding carboxylic acids is 1. The van der Waals surface area contributed by atoms with E-state index in [-0.39, 0.29) is 5.70 Å². The lowest BCUT2D eigenvalue weighted by Crippen LogP contribution is -2.16. The molecule has 1 aromatic carbocycles. The molecule has 1 aromatic rings. The molecule has 3 heteroatoms. The standard InChI is InChI=1S/C13H17NO2/c1-4-16-13(15)12(14)10(3)11-7-5-6-9(2)8-11/h5-8H,4,14H2,1-3H3/b12-10-. The monoisotopic (exact) mass is 219 g/mol. The number of hydrogen-bond acceptors (Lipinski definition) is 3. The Morgan fingerprint density at radius 3 is 2.69 bits per heavy atom. The van der Waals surface area contributed by atoms with E-state index in [9.17, 15) is 4.79 Å². The third-order valence-electron chi connectivity index (χ3n) is 2.35. The Hall–Kier alpha value is -1.77. The van der Waals surface area contributed by atoms with Gasteiger partial charge in [-0.25, -0.2) is 4.79 Å². The van der Waals surface area contributed by atoms with Crippen molar-refractivity contribution in [1.82, 2.24) is 0 Å². The predicted octanol–water partition coefficient (Wildman–Crippen LogP) is 2.25. The van der Waals surface area contributed by atoms with Crippen molar-refractivity contribution in [3.63, 3.8) is 0 Å². The molecule has 0 bridgehead atoms. The number of carbonyl (C=O) groups is 1. The Kier molecular flexibility index (Phi) is 4.11. The van der Waals surface area contributed by atoms with Gasteiger partial charge in [0, 0.05) is 0 Å². The van der Waals surface area contributed by atoms with Gasteiger partial charge in [-0.1, -0.05) is 29.8 Å². The van der Waals surface area contributed by atoms with Crippen LogP contribution in [0.3, 0.4) is 0 Å². The minimum absolute atomic E-state index is 0.174. The first-order valence-corrected chi connectivity index (χ1v) is 5.26. The Morgan fingerprint density at radius 2 is 2.12 bits per heavy atom. The van der Waals surface area contributed by atoms with Crippen LogP contribution in [0.25, 0.3) is 5.57 Å². The summed E-state index contributed by atoms with van der Waals surface area (Å²) in [6, 6.07) is 7.85. The third-order valence-corrected chi connectivity index (χ3v) is 2.35. The average molecular weight is 219 g/mol. The Labute approximate surface area is 95.9 Å². The van der Waals surface area contributed by atoms with Gasteiger partial charge < -0.3 is 10.5 Å². The number of allylic oxidation sites excluding steroid dienone is 1. The van der Waals surface area contributed by atoms with Gasteiger partial charge in [-0.3, -0.25) is 0 Å². The van der Waals surface area contributed by atoms with Crippen LogP contribution >= 0.6 is 0 Å². The number of rotatable bonds is 3. The summed E-state index contributed by atoms with van der Waals surface area (Å²) < 4.78 is 4.85. The van der Waals surface area contributed by atoms with E-state index in [1.165, 1.54) is 0 Å². The van der Waals surface area contributed by atoms with Crippen molar-refractivity contribution in [3.05, 3.63) is 41.1 Å². The first-order valence-electron chi connectivity index (χ1n) is 5.26. The predicted molar refractivity (Wildman–Crippen MR) is 64.6 cm³/mol. The van der Waals surface area contributed by atoms with Gasteiger partial charge in [-0.15, -0.1) is 0 Å². The zero-order valence-electron chi connectivity index (χ0n) is 9.91. The highest BCUT2D eigenvalue weighted by Crippen LogP contribution is 2.17. The normalized spacial score (nSPS) is 11.9. The van der Waals surface area contributed by atoms with Crippen LogP contribution in [0.15, 0.2) is 30.0 Å².